The summed E-state index contributed by atoms with van der Waals surface area (Å²) in [5, 5.41) is 2.98. The van der Waals surface area contributed by atoms with Crippen LogP contribution in [-0.2, 0) is 12.8 Å². The Balaban J connectivity index is 1.79. The van der Waals surface area contributed by atoms with Crippen molar-refractivity contribution >= 4 is 34.5 Å². The third kappa shape index (κ3) is 4.56. The van der Waals surface area contributed by atoms with Gasteiger partial charge in [0, 0.05) is 11.4 Å². The molecule has 0 unspecified atom stereocenters. The second kappa shape index (κ2) is 7.74. The Kier molecular flexibility index (Phi) is 5.98. The van der Waals surface area contributed by atoms with Gasteiger partial charge < -0.3 is 11.1 Å². The number of thiophene rings is 1. The highest BCUT2D eigenvalue weighted by Crippen LogP contribution is 2.28. The molecule has 5 heteroatoms. The van der Waals surface area contributed by atoms with Gasteiger partial charge in [-0.2, -0.15) is 0 Å². The van der Waals surface area contributed by atoms with Crippen molar-refractivity contribution in [3.8, 4) is 0 Å². The first-order valence-corrected chi connectivity index (χ1v) is 8.57. The zero-order valence-corrected chi connectivity index (χ0v) is 13.4. The number of nitrogens with one attached hydrogen (secondary N) is 1. The molecule has 1 amide bonds. The largest absolute Gasteiger partial charge is 0.393 e. The predicted octanol–water partition coefficient (Wildman–Crippen LogP) is 3.20. The van der Waals surface area contributed by atoms with Crippen LogP contribution in [0.3, 0.4) is 0 Å². The van der Waals surface area contributed by atoms with E-state index in [1.165, 1.54) is 29.7 Å². The summed E-state index contributed by atoms with van der Waals surface area (Å²) in [5.41, 5.74) is 6.83. The Morgan fingerprint density at radius 1 is 1.30 bits per heavy atom. The minimum absolute atomic E-state index is 0.0680. The number of hydrogen-bond acceptors (Lipinski definition) is 3. The first-order valence-electron chi connectivity index (χ1n) is 7.35. The first-order chi connectivity index (χ1) is 9.66. The van der Waals surface area contributed by atoms with E-state index in [2.05, 4.69) is 11.4 Å². The van der Waals surface area contributed by atoms with Crippen LogP contribution in [0, 0.1) is 0 Å². The molecule has 0 saturated carbocycles. The summed E-state index contributed by atoms with van der Waals surface area (Å²) < 4.78 is 0. The minimum atomic E-state index is 0.0680. The van der Waals surface area contributed by atoms with Gasteiger partial charge in [-0.05, 0) is 56.6 Å². The molecule has 1 aliphatic rings. The van der Waals surface area contributed by atoms with Crippen LogP contribution >= 0.6 is 23.6 Å². The monoisotopic (exact) mass is 310 g/mol. The number of hydrogen-bond donors (Lipinski definition) is 2. The van der Waals surface area contributed by atoms with Gasteiger partial charge >= 0.3 is 0 Å². The highest BCUT2D eigenvalue weighted by Gasteiger charge is 2.15. The Labute approximate surface area is 129 Å². The number of thiocarbonyl (C=S) groups is 1. The van der Waals surface area contributed by atoms with Crippen molar-refractivity contribution in [3.05, 3.63) is 21.4 Å². The summed E-state index contributed by atoms with van der Waals surface area (Å²) in [4.78, 5) is 14.9. The highest BCUT2D eigenvalue weighted by molar-refractivity contribution is 7.80. The molecule has 0 aliphatic heterocycles. The number of unbranched alkanes of at least 4 members (excludes halogenated alkanes) is 1. The summed E-state index contributed by atoms with van der Waals surface area (Å²) in [6.07, 6.45) is 8.72. The quantitative estimate of drug-likeness (QED) is 0.482. The lowest BCUT2D eigenvalue weighted by Crippen LogP contribution is -2.23. The van der Waals surface area contributed by atoms with E-state index >= 15 is 0 Å². The van der Waals surface area contributed by atoms with Gasteiger partial charge in [0.1, 0.15) is 0 Å². The lowest BCUT2D eigenvalue weighted by atomic mass is 10.1. The fraction of sp³-hybridized carbons (Fsp3) is 0.600. The maximum Gasteiger partial charge on any atom is 0.261 e. The summed E-state index contributed by atoms with van der Waals surface area (Å²) in [7, 11) is 0. The van der Waals surface area contributed by atoms with Crippen molar-refractivity contribution < 1.29 is 4.79 Å². The maximum atomic E-state index is 12.1. The van der Waals surface area contributed by atoms with E-state index < -0.39 is 0 Å². The number of rotatable bonds is 6. The second-order valence-corrected chi connectivity index (χ2v) is 6.96. The number of nitrogens with two attached hydrogens (primary N) is 1. The molecular formula is C15H22N2OS2. The van der Waals surface area contributed by atoms with E-state index in [0.717, 1.165) is 37.0 Å². The summed E-state index contributed by atoms with van der Waals surface area (Å²) in [6.45, 7) is 0.698. The van der Waals surface area contributed by atoms with Crippen molar-refractivity contribution in [1.29, 1.82) is 0 Å². The SMILES string of the molecule is NC(=S)CCCCNC(=O)c1cc2c(s1)CCCCC2. The van der Waals surface area contributed by atoms with E-state index in [9.17, 15) is 4.79 Å². The Morgan fingerprint density at radius 2 is 2.10 bits per heavy atom. The Morgan fingerprint density at radius 3 is 2.90 bits per heavy atom. The molecule has 0 saturated heterocycles. The molecular weight excluding hydrogens is 288 g/mol. The number of fused-ring (bicyclic) bond motifs is 1. The van der Waals surface area contributed by atoms with Crippen molar-refractivity contribution in [1.82, 2.24) is 5.32 Å². The molecule has 0 spiro atoms. The molecule has 0 aromatic carbocycles. The number of amides is 1. The number of carbonyl (C=O) groups is 1. The van der Waals surface area contributed by atoms with Crippen LogP contribution < -0.4 is 11.1 Å². The van der Waals surface area contributed by atoms with Crippen molar-refractivity contribution in [3.63, 3.8) is 0 Å². The van der Waals surface area contributed by atoms with Gasteiger partial charge in [0.2, 0.25) is 0 Å². The average Bonchev–Trinajstić information content (AvgIpc) is 2.69. The van der Waals surface area contributed by atoms with E-state index in [1.807, 2.05) is 0 Å². The summed E-state index contributed by atoms with van der Waals surface area (Å²) >= 11 is 6.50. The topological polar surface area (TPSA) is 55.1 Å². The van der Waals surface area contributed by atoms with Crippen molar-refractivity contribution in [2.24, 2.45) is 5.73 Å². The van der Waals surface area contributed by atoms with Crippen LogP contribution in [0.1, 0.15) is 58.6 Å². The van der Waals surface area contributed by atoms with E-state index in [1.54, 1.807) is 11.3 Å². The van der Waals surface area contributed by atoms with Crippen LogP contribution in [0.25, 0.3) is 0 Å². The first kappa shape index (κ1) is 15.4. The molecule has 0 bridgehead atoms. The maximum absolute atomic E-state index is 12.1. The molecule has 1 heterocycles. The second-order valence-electron chi connectivity index (χ2n) is 5.30. The lowest BCUT2D eigenvalue weighted by molar-refractivity contribution is 0.0957. The van der Waals surface area contributed by atoms with Gasteiger partial charge in [-0.25, -0.2) is 0 Å². The normalized spacial score (nSPS) is 14.4. The third-order valence-corrected chi connectivity index (χ3v) is 5.05. The molecule has 3 N–H and O–H groups in total. The summed E-state index contributed by atoms with van der Waals surface area (Å²) in [5.74, 6) is 0.0680. The highest BCUT2D eigenvalue weighted by atomic mass is 32.1. The third-order valence-electron chi connectivity index (χ3n) is 3.61. The van der Waals surface area contributed by atoms with Crippen LogP contribution in [0.4, 0.5) is 0 Å². The molecule has 0 radical (unpaired) electrons. The van der Waals surface area contributed by atoms with Crippen LogP contribution in [0.2, 0.25) is 0 Å². The van der Waals surface area contributed by atoms with E-state index in [4.69, 9.17) is 18.0 Å². The average molecular weight is 310 g/mol. The van der Waals surface area contributed by atoms with Crippen molar-refractivity contribution in [2.75, 3.05) is 6.54 Å². The number of aryl methyl sites for hydroxylation is 2. The molecule has 110 valence electrons. The fourth-order valence-electron chi connectivity index (χ4n) is 2.49. The zero-order valence-electron chi connectivity index (χ0n) is 11.7. The standard InChI is InChI=1S/C15H22N2OS2/c16-14(19)8-4-5-9-17-15(18)13-10-11-6-2-1-3-7-12(11)20-13/h10H,1-9H2,(H2,16,19)(H,17,18). The summed E-state index contributed by atoms with van der Waals surface area (Å²) in [6, 6.07) is 2.09. The molecule has 1 aliphatic carbocycles. The molecule has 2 rings (SSSR count). The fourth-order valence-corrected chi connectivity index (χ4v) is 3.81. The zero-order chi connectivity index (χ0) is 14.4. The molecule has 3 nitrogen and oxygen atoms in total. The molecule has 1 aromatic heterocycles. The van der Waals surface area contributed by atoms with Gasteiger partial charge in [-0.15, -0.1) is 11.3 Å². The van der Waals surface area contributed by atoms with Crippen LogP contribution in [0.15, 0.2) is 6.07 Å². The van der Waals surface area contributed by atoms with Crippen LogP contribution in [0.5, 0.6) is 0 Å². The van der Waals surface area contributed by atoms with E-state index in [0.29, 0.717) is 11.5 Å². The minimum Gasteiger partial charge on any atom is -0.393 e. The van der Waals surface area contributed by atoms with Crippen LogP contribution in [-0.4, -0.2) is 17.4 Å². The van der Waals surface area contributed by atoms with Gasteiger partial charge in [0.25, 0.3) is 5.91 Å². The number of carbonyl (C=O) groups excluding carboxylic acids is 1. The Hall–Kier alpha value is -0.940. The van der Waals surface area contributed by atoms with E-state index in [-0.39, 0.29) is 5.91 Å². The lowest BCUT2D eigenvalue weighted by Gasteiger charge is -2.03. The smallest absolute Gasteiger partial charge is 0.261 e. The molecule has 0 fully saturated rings. The van der Waals surface area contributed by atoms with Gasteiger partial charge in [0.15, 0.2) is 0 Å². The van der Waals surface area contributed by atoms with Gasteiger partial charge in [-0.1, -0.05) is 18.6 Å². The predicted molar refractivity (Wildman–Crippen MR) is 88.5 cm³/mol. The van der Waals surface area contributed by atoms with Gasteiger partial charge in [0.05, 0.1) is 9.87 Å². The Bertz CT molecular complexity index is 459. The molecule has 0 atom stereocenters. The molecule has 20 heavy (non-hydrogen) atoms. The van der Waals surface area contributed by atoms with Gasteiger partial charge in [-0.3, -0.25) is 4.79 Å². The van der Waals surface area contributed by atoms with Crippen molar-refractivity contribution in [2.45, 2.75) is 51.4 Å². The molecule has 1 aromatic rings.